The van der Waals surface area contributed by atoms with Crippen LogP contribution >= 0.6 is 0 Å². The monoisotopic (exact) mass is 198 g/mol. The summed E-state index contributed by atoms with van der Waals surface area (Å²) in [6.45, 7) is 11.0. The molecule has 1 rings (SSSR count). The maximum atomic E-state index is 11.0. The lowest BCUT2D eigenvalue weighted by Crippen LogP contribution is -2.44. The number of carbonyl (C=O) groups is 1. The number of carboxylic acids is 1. The maximum Gasteiger partial charge on any atom is 0.306 e. The second-order valence-electron chi connectivity index (χ2n) is 6.14. The molecule has 82 valence electrons. The topological polar surface area (TPSA) is 37.3 Å². The van der Waals surface area contributed by atoms with E-state index in [9.17, 15) is 4.79 Å². The fourth-order valence-electron chi connectivity index (χ4n) is 2.93. The van der Waals surface area contributed by atoms with Crippen LogP contribution in [-0.2, 0) is 4.79 Å². The molecule has 1 N–H and O–H groups in total. The van der Waals surface area contributed by atoms with Gasteiger partial charge in [0.1, 0.15) is 0 Å². The van der Waals surface area contributed by atoms with Crippen LogP contribution in [0.5, 0.6) is 0 Å². The Kier molecular flexibility index (Phi) is 2.68. The van der Waals surface area contributed by atoms with Crippen molar-refractivity contribution in [3.63, 3.8) is 0 Å². The summed E-state index contributed by atoms with van der Waals surface area (Å²) < 4.78 is 0. The van der Waals surface area contributed by atoms with Crippen molar-refractivity contribution < 1.29 is 9.90 Å². The first-order valence-corrected chi connectivity index (χ1v) is 5.39. The molecule has 0 amide bonds. The van der Waals surface area contributed by atoms with Crippen LogP contribution in [0.2, 0.25) is 0 Å². The predicted molar refractivity (Wildman–Crippen MR) is 57.1 cm³/mol. The molecule has 0 spiro atoms. The standard InChI is InChI=1S/C12H22O2/c1-8-11(2,3)6-9(10(13)14)7-12(8,4)5/h8-9H,6-7H2,1-5H3,(H,13,14). The molecule has 0 bridgehead atoms. The van der Waals surface area contributed by atoms with Crippen molar-refractivity contribution in [2.75, 3.05) is 0 Å². The molecule has 1 aliphatic carbocycles. The number of rotatable bonds is 1. The summed E-state index contributed by atoms with van der Waals surface area (Å²) >= 11 is 0. The van der Waals surface area contributed by atoms with Crippen LogP contribution in [0.4, 0.5) is 0 Å². The van der Waals surface area contributed by atoms with E-state index < -0.39 is 5.97 Å². The first-order valence-electron chi connectivity index (χ1n) is 5.39. The highest BCUT2D eigenvalue weighted by atomic mass is 16.4. The minimum absolute atomic E-state index is 0.144. The largest absolute Gasteiger partial charge is 0.481 e. The van der Waals surface area contributed by atoms with Gasteiger partial charge in [0.2, 0.25) is 0 Å². The molecule has 0 aromatic carbocycles. The third-order valence-corrected chi connectivity index (χ3v) is 4.24. The fraction of sp³-hybridized carbons (Fsp3) is 0.917. The van der Waals surface area contributed by atoms with Crippen LogP contribution in [0.15, 0.2) is 0 Å². The minimum atomic E-state index is -0.627. The van der Waals surface area contributed by atoms with E-state index >= 15 is 0 Å². The molecule has 2 heteroatoms. The first-order chi connectivity index (χ1) is 6.17. The lowest BCUT2D eigenvalue weighted by molar-refractivity contribution is -0.148. The lowest BCUT2D eigenvalue weighted by Gasteiger charge is -2.49. The number of hydrogen-bond donors (Lipinski definition) is 1. The Morgan fingerprint density at radius 3 is 1.79 bits per heavy atom. The number of carboxylic acid groups (broad SMARTS) is 1. The molecular weight excluding hydrogens is 176 g/mol. The van der Waals surface area contributed by atoms with Crippen molar-refractivity contribution in [3.05, 3.63) is 0 Å². The van der Waals surface area contributed by atoms with Gasteiger partial charge in [-0.3, -0.25) is 4.79 Å². The van der Waals surface area contributed by atoms with Gasteiger partial charge in [-0.05, 0) is 29.6 Å². The van der Waals surface area contributed by atoms with E-state index in [1.54, 1.807) is 0 Å². The molecule has 14 heavy (non-hydrogen) atoms. The predicted octanol–water partition coefficient (Wildman–Crippen LogP) is 3.17. The summed E-state index contributed by atoms with van der Waals surface area (Å²) in [6.07, 6.45) is 1.62. The summed E-state index contributed by atoms with van der Waals surface area (Å²) in [6, 6.07) is 0. The van der Waals surface area contributed by atoms with Crippen molar-refractivity contribution in [3.8, 4) is 0 Å². The highest BCUT2D eigenvalue weighted by molar-refractivity contribution is 5.70. The normalized spacial score (nSPS) is 35.2. The SMILES string of the molecule is CC1C(C)(C)CC(C(=O)O)CC1(C)C. The summed E-state index contributed by atoms with van der Waals surface area (Å²) in [5.74, 6) is -0.208. The molecule has 0 radical (unpaired) electrons. The lowest BCUT2D eigenvalue weighted by atomic mass is 9.55. The van der Waals surface area contributed by atoms with Gasteiger partial charge in [0.05, 0.1) is 5.92 Å². The molecule has 0 saturated heterocycles. The second kappa shape index (κ2) is 3.25. The molecule has 0 heterocycles. The van der Waals surface area contributed by atoms with Crippen LogP contribution in [-0.4, -0.2) is 11.1 Å². The zero-order valence-electron chi connectivity index (χ0n) is 9.92. The van der Waals surface area contributed by atoms with E-state index in [4.69, 9.17) is 5.11 Å². The first kappa shape index (κ1) is 11.5. The van der Waals surface area contributed by atoms with Gasteiger partial charge in [0.25, 0.3) is 0 Å². The van der Waals surface area contributed by atoms with Gasteiger partial charge >= 0.3 is 5.97 Å². The minimum Gasteiger partial charge on any atom is -0.481 e. The Morgan fingerprint density at radius 1 is 1.14 bits per heavy atom. The van der Waals surface area contributed by atoms with Gasteiger partial charge in [-0.15, -0.1) is 0 Å². The zero-order valence-corrected chi connectivity index (χ0v) is 9.92. The van der Waals surface area contributed by atoms with Gasteiger partial charge in [0.15, 0.2) is 0 Å². The van der Waals surface area contributed by atoms with Gasteiger partial charge in [-0.25, -0.2) is 0 Å². The molecule has 0 unspecified atom stereocenters. The molecule has 2 nitrogen and oxygen atoms in total. The van der Waals surface area contributed by atoms with E-state index in [2.05, 4.69) is 34.6 Å². The molecule has 1 aliphatic rings. The van der Waals surface area contributed by atoms with Crippen LogP contribution < -0.4 is 0 Å². The summed E-state index contributed by atoms with van der Waals surface area (Å²) in [5, 5.41) is 9.09. The molecule has 0 aliphatic heterocycles. The van der Waals surface area contributed by atoms with E-state index in [-0.39, 0.29) is 16.7 Å². The van der Waals surface area contributed by atoms with Crippen molar-refractivity contribution >= 4 is 5.97 Å². The average Bonchev–Trinajstić information content (AvgIpc) is 1.98. The summed E-state index contributed by atoms with van der Waals surface area (Å²) in [5.41, 5.74) is 0.287. The Hall–Kier alpha value is -0.530. The molecule has 0 aromatic heterocycles. The molecule has 1 fully saturated rings. The smallest absolute Gasteiger partial charge is 0.306 e. The molecule has 0 atom stereocenters. The highest BCUT2D eigenvalue weighted by Gasteiger charge is 2.46. The molecular formula is C12H22O2. The van der Waals surface area contributed by atoms with E-state index in [1.807, 2.05) is 0 Å². The number of aliphatic carboxylic acids is 1. The van der Waals surface area contributed by atoms with Crippen LogP contribution in [0, 0.1) is 22.7 Å². The van der Waals surface area contributed by atoms with Gasteiger partial charge < -0.3 is 5.11 Å². The summed E-state index contributed by atoms with van der Waals surface area (Å²) in [4.78, 5) is 11.0. The van der Waals surface area contributed by atoms with E-state index in [1.165, 1.54) is 0 Å². The van der Waals surface area contributed by atoms with Crippen molar-refractivity contribution in [2.24, 2.45) is 22.7 Å². The molecule has 0 aromatic rings. The third-order valence-electron chi connectivity index (χ3n) is 4.24. The van der Waals surface area contributed by atoms with Crippen LogP contribution in [0.3, 0.4) is 0 Å². The maximum absolute atomic E-state index is 11.0. The van der Waals surface area contributed by atoms with Gasteiger partial charge in [0, 0.05) is 0 Å². The van der Waals surface area contributed by atoms with E-state index in [0.717, 1.165) is 12.8 Å². The number of hydrogen-bond acceptors (Lipinski definition) is 1. The van der Waals surface area contributed by atoms with Crippen LogP contribution in [0.25, 0.3) is 0 Å². The second-order valence-corrected chi connectivity index (χ2v) is 6.14. The van der Waals surface area contributed by atoms with Crippen molar-refractivity contribution in [1.82, 2.24) is 0 Å². The summed E-state index contributed by atoms with van der Waals surface area (Å²) in [7, 11) is 0. The Morgan fingerprint density at radius 2 is 1.50 bits per heavy atom. The molecule has 1 saturated carbocycles. The average molecular weight is 198 g/mol. The van der Waals surface area contributed by atoms with Crippen molar-refractivity contribution in [2.45, 2.75) is 47.5 Å². The third kappa shape index (κ3) is 1.94. The van der Waals surface area contributed by atoms with Crippen molar-refractivity contribution in [1.29, 1.82) is 0 Å². The van der Waals surface area contributed by atoms with Gasteiger partial charge in [-0.1, -0.05) is 34.6 Å². The van der Waals surface area contributed by atoms with E-state index in [0.29, 0.717) is 5.92 Å². The Bertz CT molecular complexity index is 223. The quantitative estimate of drug-likeness (QED) is 0.702. The Balaban J connectivity index is 2.91. The highest BCUT2D eigenvalue weighted by Crippen LogP contribution is 2.52. The Labute approximate surface area is 86.7 Å². The van der Waals surface area contributed by atoms with Gasteiger partial charge in [-0.2, -0.15) is 0 Å². The zero-order chi connectivity index (χ0) is 11.1. The van der Waals surface area contributed by atoms with Crippen LogP contribution in [0.1, 0.15) is 47.5 Å². The fourth-order valence-corrected chi connectivity index (χ4v) is 2.93.